The molecule has 110 valence electrons. The van der Waals surface area contributed by atoms with Crippen molar-refractivity contribution in [2.75, 3.05) is 14.2 Å². The first kappa shape index (κ1) is 14.8. The zero-order valence-corrected chi connectivity index (χ0v) is 12.1. The first-order chi connectivity index (χ1) is 10.1. The molecule has 0 saturated heterocycles. The van der Waals surface area contributed by atoms with E-state index in [-0.39, 0.29) is 18.1 Å². The highest BCUT2D eigenvalue weighted by Gasteiger charge is 2.14. The predicted molar refractivity (Wildman–Crippen MR) is 76.7 cm³/mol. The molecular weight excluding hydrogens is 272 g/mol. The molecule has 0 bridgehead atoms. The molecule has 0 spiro atoms. The van der Waals surface area contributed by atoms with Gasteiger partial charge in [-0.25, -0.2) is 9.78 Å². The fraction of sp³-hybridized carbons (Fsp3) is 0.267. The normalized spacial score (nSPS) is 10.2. The van der Waals surface area contributed by atoms with Crippen molar-refractivity contribution >= 4 is 5.97 Å². The molecule has 21 heavy (non-hydrogen) atoms. The quantitative estimate of drug-likeness (QED) is 0.795. The van der Waals surface area contributed by atoms with Gasteiger partial charge in [0, 0.05) is 11.8 Å². The van der Waals surface area contributed by atoms with Crippen LogP contribution in [0, 0.1) is 6.92 Å². The third-order valence-corrected chi connectivity index (χ3v) is 3.03. The molecule has 1 heterocycles. The average Bonchev–Trinajstić information content (AvgIpc) is 2.49. The number of aryl methyl sites for hydroxylation is 1. The van der Waals surface area contributed by atoms with Gasteiger partial charge in [0.25, 0.3) is 11.6 Å². The minimum absolute atomic E-state index is 0.181. The van der Waals surface area contributed by atoms with E-state index in [1.807, 2.05) is 0 Å². The van der Waals surface area contributed by atoms with E-state index < -0.39 is 5.97 Å². The average molecular weight is 288 g/mol. The summed E-state index contributed by atoms with van der Waals surface area (Å²) >= 11 is 0. The molecule has 0 saturated carbocycles. The summed E-state index contributed by atoms with van der Waals surface area (Å²) in [6, 6.07) is 8.57. The molecule has 2 aromatic rings. The summed E-state index contributed by atoms with van der Waals surface area (Å²) < 4.78 is 11.3. The molecule has 1 aromatic heterocycles. The number of nitrogens with zero attached hydrogens (tertiary/aromatic N) is 2. The summed E-state index contributed by atoms with van der Waals surface area (Å²) in [6.07, 6.45) is 0. The number of methoxy groups -OCH3 is 2. The van der Waals surface area contributed by atoms with Crippen LogP contribution in [0.5, 0.6) is 6.01 Å². The Labute approximate surface area is 122 Å². The van der Waals surface area contributed by atoms with Gasteiger partial charge in [0.05, 0.1) is 26.3 Å². The minimum Gasteiger partial charge on any atom is -0.468 e. The summed E-state index contributed by atoms with van der Waals surface area (Å²) in [7, 11) is 2.77. The number of esters is 1. The second kappa shape index (κ2) is 6.21. The van der Waals surface area contributed by atoms with Crippen LogP contribution in [0.4, 0.5) is 0 Å². The van der Waals surface area contributed by atoms with Gasteiger partial charge in [-0.05, 0) is 18.6 Å². The maximum absolute atomic E-state index is 12.1. The standard InChI is InChI=1S/C15H16N2O4/c1-10-8-13(18)17(15(16-10)21-3)9-11-6-4-5-7-12(11)14(19)20-2/h4-8H,9H2,1-3H3. The van der Waals surface area contributed by atoms with E-state index in [9.17, 15) is 9.59 Å². The van der Waals surface area contributed by atoms with Gasteiger partial charge in [0.15, 0.2) is 0 Å². The molecule has 2 rings (SSSR count). The van der Waals surface area contributed by atoms with Gasteiger partial charge in [-0.3, -0.25) is 9.36 Å². The lowest BCUT2D eigenvalue weighted by Gasteiger charge is -2.13. The van der Waals surface area contributed by atoms with Crippen molar-refractivity contribution in [2.45, 2.75) is 13.5 Å². The van der Waals surface area contributed by atoms with Gasteiger partial charge in [-0.15, -0.1) is 0 Å². The fourth-order valence-corrected chi connectivity index (χ4v) is 2.03. The van der Waals surface area contributed by atoms with Gasteiger partial charge in [0.2, 0.25) is 0 Å². The van der Waals surface area contributed by atoms with E-state index in [4.69, 9.17) is 9.47 Å². The van der Waals surface area contributed by atoms with Crippen LogP contribution >= 0.6 is 0 Å². The number of hydrogen-bond acceptors (Lipinski definition) is 5. The maximum Gasteiger partial charge on any atom is 0.338 e. The van der Waals surface area contributed by atoms with Crippen molar-refractivity contribution in [1.29, 1.82) is 0 Å². The van der Waals surface area contributed by atoms with Crippen molar-refractivity contribution < 1.29 is 14.3 Å². The third kappa shape index (κ3) is 3.10. The first-order valence-electron chi connectivity index (χ1n) is 6.35. The SMILES string of the molecule is COC(=O)c1ccccc1Cn1c(OC)nc(C)cc1=O. The summed E-state index contributed by atoms with van der Waals surface area (Å²) in [5.41, 5.74) is 1.42. The van der Waals surface area contributed by atoms with Crippen molar-refractivity contribution in [3.8, 4) is 6.01 Å². The summed E-state index contributed by atoms with van der Waals surface area (Å²) in [4.78, 5) is 28.0. The number of hydrogen-bond donors (Lipinski definition) is 0. The van der Waals surface area contributed by atoms with Gasteiger partial charge in [-0.2, -0.15) is 0 Å². The topological polar surface area (TPSA) is 70.4 Å². The van der Waals surface area contributed by atoms with Gasteiger partial charge >= 0.3 is 5.97 Å². The number of carbonyl (C=O) groups excluding carboxylic acids is 1. The molecule has 0 aliphatic rings. The Morgan fingerprint density at radius 3 is 2.67 bits per heavy atom. The molecule has 6 heteroatoms. The highest BCUT2D eigenvalue weighted by atomic mass is 16.5. The molecule has 1 aromatic carbocycles. The van der Waals surface area contributed by atoms with Crippen molar-refractivity contribution in [2.24, 2.45) is 0 Å². The van der Waals surface area contributed by atoms with Crippen molar-refractivity contribution in [3.63, 3.8) is 0 Å². The number of carbonyl (C=O) groups is 1. The Morgan fingerprint density at radius 2 is 2.00 bits per heavy atom. The van der Waals surface area contributed by atoms with Gasteiger partial charge < -0.3 is 9.47 Å². The molecule has 0 radical (unpaired) electrons. The Hall–Kier alpha value is -2.63. The second-order valence-corrected chi connectivity index (χ2v) is 4.46. The Balaban J connectivity index is 2.49. The highest BCUT2D eigenvalue weighted by molar-refractivity contribution is 5.90. The Bertz CT molecular complexity index is 722. The molecule has 0 atom stereocenters. The lowest BCUT2D eigenvalue weighted by Crippen LogP contribution is -2.24. The van der Waals surface area contributed by atoms with E-state index in [0.29, 0.717) is 16.8 Å². The zero-order valence-electron chi connectivity index (χ0n) is 12.1. The third-order valence-electron chi connectivity index (χ3n) is 3.03. The number of aromatic nitrogens is 2. The smallest absolute Gasteiger partial charge is 0.338 e. The van der Waals surface area contributed by atoms with E-state index in [1.165, 1.54) is 24.9 Å². The van der Waals surface area contributed by atoms with Crippen LogP contribution in [-0.2, 0) is 11.3 Å². The van der Waals surface area contributed by atoms with Crippen LogP contribution in [0.25, 0.3) is 0 Å². The van der Waals surface area contributed by atoms with Crippen LogP contribution in [0.15, 0.2) is 35.1 Å². The van der Waals surface area contributed by atoms with Gasteiger partial charge in [0.1, 0.15) is 0 Å². The van der Waals surface area contributed by atoms with E-state index in [2.05, 4.69) is 4.98 Å². The number of rotatable bonds is 4. The molecule has 0 unspecified atom stereocenters. The minimum atomic E-state index is -0.447. The Morgan fingerprint density at radius 1 is 1.29 bits per heavy atom. The Kier molecular flexibility index (Phi) is 4.37. The molecule has 6 nitrogen and oxygen atoms in total. The summed E-state index contributed by atoms with van der Waals surface area (Å²) in [5.74, 6) is -0.447. The zero-order chi connectivity index (χ0) is 15.4. The number of benzene rings is 1. The molecular formula is C15H16N2O4. The van der Waals surface area contributed by atoms with Crippen LogP contribution in [0.2, 0.25) is 0 Å². The van der Waals surface area contributed by atoms with Crippen molar-refractivity contribution in [1.82, 2.24) is 9.55 Å². The second-order valence-electron chi connectivity index (χ2n) is 4.46. The van der Waals surface area contributed by atoms with Crippen LogP contribution in [0.1, 0.15) is 21.6 Å². The fourth-order valence-electron chi connectivity index (χ4n) is 2.03. The predicted octanol–water partition coefficient (Wildman–Crippen LogP) is 1.40. The molecule has 0 fully saturated rings. The van der Waals surface area contributed by atoms with E-state index in [1.54, 1.807) is 31.2 Å². The van der Waals surface area contributed by atoms with Crippen LogP contribution in [0.3, 0.4) is 0 Å². The largest absolute Gasteiger partial charge is 0.468 e. The lowest BCUT2D eigenvalue weighted by molar-refractivity contribution is 0.0599. The van der Waals surface area contributed by atoms with E-state index in [0.717, 1.165) is 0 Å². The summed E-state index contributed by atoms with van der Waals surface area (Å²) in [6.45, 7) is 1.90. The monoisotopic (exact) mass is 288 g/mol. The van der Waals surface area contributed by atoms with Crippen LogP contribution < -0.4 is 10.3 Å². The van der Waals surface area contributed by atoms with E-state index >= 15 is 0 Å². The maximum atomic E-state index is 12.1. The van der Waals surface area contributed by atoms with Crippen molar-refractivity contribution in [3.05, 3.63) is 57.5 Å². The first-order valence-corrected chi connectivity index (χ1v) is 6.35. The molecule has 0 amide bonds. The van der Waals surface area contributed by atoms with Crippen LogP contribution in [-0.4, -0.2) is 29.7 Å². The number of ether oxygens (including phenoxy) is 2. The molecule has 0 aliphatic carbocycles. The summed E-state index contributed by atoms with van der Waals surface area (Å²) in [5, 5.41) is 0. The molecule has 0 aliphatic heterocycles. The highest BCUT2D eigenvalue weighted by Crippen LogP contribution is 2.14. The molecule has 0 N–H and O–H groups in total. The van der Waals surface area contributed by atoms with Gasteiger partial charge in [-0.1, -0.05) is 18.2 Å². The lowest BCUT2D eigenvalue weighted by atomic mass is 10.1.